The van der Waals surface area contributed by atoms with Gasteiger partial charge in [-0.1, -0.05) is 115 Å². The van der Waals surface area contributed by atoms with Gasteiger partial charge in [0, 0.05) is 61.7 Å². The minimum atomic E-state index is 0.818. The van der Waals surface area contributed by atoms with E-state index in [0.29, 0.717) is 0 Å². The highest BCUT2D eigenvalue weighted by molar-refractivity contribution is 7.21. The number of thiazole rings is 1. The zero-order chi connectivity index (χ0) is 36.7. The van der Waals surface area contributed by atoms with Crippen molar-refractivity contribution in [1.29, 1.82) is 0 Å². The van der Waals surface area contributed by atoms with Crippen LogP contribution in [0.2, 0.25) is 0 Å². The Labute approximate surface area is 325 Å². The van der Waals surface area contributed by atoms with Gasteiger partial charge in [0.25, 0.3) is 0 Å². The Kier molecular flexibility index (Phi) is 6.76. The number of hydrogen-bond donors (Lipinski definition) is 0. The number of nitrogens with zero attached hydrogens (tertiary/aromatic N) is 2. The van der Waals surface area contributed by atoms with E-state index in [4.69, 9.17) is 13.8 Å². The molecule has 0 fully saturated rings. The molecule has 0 radical (unpaired) electrons. The Morgan fingerprint density at radius 2 is 1.00 bits per heavy atom. The predicted molar refractivity (Wildman–Crippen MR) is 235 cm³/mol. The third-order valence-electron chi connectivity index (χ3n) is 11.1. The van der Waals surface area contributed by atoms with E-state index in [0.717, 1.165) is 77.0 Å². The lowest BCUT2D eigenvalue weighted by Gasteiger charge is -2.25. The maximum atomic E-state index is 6.68. The number of furan rings is 2. The second-order valence-electron chi connectivity index (χ2n) is 14.3. The molecular weight excluding hydrogens is 705 g/mol. The standard InChI is InChI=1S/C51H30N2O2S/c1-3-12-37-31(9-1)11-7-15-38(37)33-19-22-34(23-20-33)53(35-24-26-41-40-14-5-6-17-44(40)54-46(41)29-35)36-25-27-42-47(30-36)55-45-18-8-16-43(49(42)45)51-52-50-39-13-4-2-10-32(39)21-28-48(50)56-51/h1-30H. The van der Waals surface area contributed by atoms with Gasteiger partial charge in [-0.15, -0.1) is 11.3 Å². The van der Waals surface area contributed by atoms with E-state index in [1.165, 1.54) is 37.4 Å². The molecule has 0 aliphatic carbocycles. The van der Waals surface area contributed by atoms with Crippen molar-refractivity contribution in [2.24, 2.45) is 0 Å². The van der Waals surface area contributed by atoms with E-state index in [2.05, 4.69) is 175 Å². The average molecular weight is 735 g/mol. The van der Waals surface area contributed by atoms with Gasteiger partial charge in [0.1, 0.15) is 27.3 Å². The van der Waals surface area contributed by atoms with Crippen molar-refractivity contribution in [1.82, 2.24) is 4.98 Å². The van der Waals surface area contributed by atoms with Crippen LogP contribution in [0.1, 0.15) is 0 Å². The fraction of sp³-hybridized carbons (Fsp3) is 0. The molecule has 0 aliphatic rings. The molecule has 0 aliphatic heterocycles. The summed E-state index contributed by atoms with van der Waals surface area (Å²) in [4.78, 5) is 7.50. The van der Waals surface area contributed by atoms with Crippen LogP contribution in [0.4, 0.5) is 17.1 Å². The number of rotatable bonds is 5. The van der Waals surface area contributed by atoms with Gasteiger partial charge in [-0.05, 0) is 81.9 Å². The van der Waals surface area contributed by atoms with E-state index < -0.39 is 0 Å². The Morgan fingerprint density at radius 1 is 0.411 bits per heavy atom. The Hall–Kier alpha value is -7.21. The number of fused-ring (bicyclic) bond motifs is 10. The number of aromatic nitrogens is 1. The van der Waals surface area contributed by atoms with Crippen molar-refractivity contribution in [2.75, 3.05) is 4.90 Å². The molecule has 0 spiro atoms. The third kappa shape index (κ3) is 4.81. The SMILES string of the molecule is c1ccc2c(-c3ccc(N(c4ccc5c(c4)oc4ccccc45)c4ccc5c(c4)oc4cccc(-c6nc7c(ccc8ccccc87)s6)c45)cc3)cccc2c1. The fourth-order valence-corrected chi connectivity index (χ4v) is 9.49. The van der Waals surface area contributed by atoms with Crippen LogP contribution < -0.4 is 4.90 Å². The van der Waals surface area contributed by atoms with Gasteiger partial charge >= 0.3 is 0 Å². The van der Waals surface area contributed by atoms with E-state index >= 15 is 0 Å². The Bertz CT molecular complexity index is 3490. The summed E-state index contributed by atoms with van der Waals surface area (Å²) < 4.78 is 14.2. The summed E-state index contributed by atoms with van der Waals surface area (Å²) >= 11 is 1.73. The maximum Gasteiger partial charge on any atom is 0.137 e. The first-order valence-corrected chi connectivity index (χ1v) is 19.6. The van der Waals surface area contributed by atoms with Crippen LogP contribution >= 0.6 is 11.3 Å². The molecule has 5 heteroatoms. The molecule has 9 aromatic carbocycles. The third-order valence-corrected chi connectivity index (χ3v) is 12.2. The summed E-state index contributed by atoms with van der Waals surface area (Å²) in [6.07, 6.45) is 0. The van der Waals surface area contributed by atoms with Crippen molar-refractivity contribution >= 4 is 104 Å². The molecule has 0 amide bonds. The number of para-hydroxylation sites is 1. The quantitative estimate of drug-likeness (QED) is 0.177. The van der Waals surface area contributed by atoms with Gasteiger partial charge in [-0.3, -0.25) is 0 Å². The van der Waals surface area contributed by atoms with Gasteiger partial charge in [0.05, 0.1) is 10.2 Å². The van der Waals surface area contributed by atoms with Crippen molar-refractivity contribution in [2.45, 2.75) is 0 Å². The largest absolute Gasteiger partial charge is 0.456 e. The van der Waals surface area contributed by atoms with Crippen LogP contribution in [0.3, 0.4) is 0 Å². The van der Waals surface area contributed by atoms with Gasteiger partial charge in [-0.2, -0.15) is 0 Å². The molecule has 0 bridgehead atoms. The average Bonchev–Trinajstić information content (AvgIpc) is 3.97. The number of anilines is 3. The minimum absolute atomic E-state index is 0.818. The number of benzene rings is 9. The lowest BCUT2D eigenvalue weighted by Crippen LogP contribution is -2.09. The molecule has 3 aromatic heterocycles. The van der Waals surface area contributed by atoms with Gasteiger partial charge in [-0.25, -0.2) is 4.98 Å². The zero-order valence-electron chi connectivity index (χ0n) is 29.9. The summed E-state index contributed by atoms with van der Waals surface area (Å²) in [6.45, 7) is 0. The molecule has 4 nitrogen and oxygen atoms in total. The lowest BCUT2D eigenvalue weighted by molar-refractivity contribution is 0.669. The van der Waals surface area contributed by atoms with Crippen LogP contribution in [-0.4, -0.2) is 4.98 Å². The molecule has 0 unspecified atom stereocenters. The highest BCUT2D eigenvalue weighted by atomic mass is 32.1. The summed E-state index contributed by atoms with van der Waals surface area (Å²) in [6, 6.07) is 64.3. The topological polar surface area (TPSA) is 42.4 Å². The molecule has 56 heavy (non-hydrogen) atoms. The van der Waals surface area contributed by atoms with E-state index in [1.807, 2.05) is 12.1 Å². The normalized spacial score (nSPS) is 11.9. The molecule has 0 saturated heterocycles. The number of hydrogen-bond acceptors (Lipinski definition) is 5. The predicted octanol–water partition coefficient (Wildman–Crippen LogP) is 15.2. The first-order chi connectivity index (χ1) is 27.7. The lowest BCUT2D eigenvalue weighted by atomic mass is 9.98. The fourth-order valence-electron chi connectivity index (χ4n) is 8.48. The molecule has 262 valence electrons. The molecule has 12 rings (SSSR count). The van der Waals surface area contributed by atoms with Crippen molar-refractivity contribution in [3.05, 3.63) is 182 Å². The van der Waals surface area contributed by atoms with Crippen LogP contribution in [0, 0.1) is 0 Å². The van der Waals surface area contributed by atoms with Crippen LogP contribution in [0.25, 0.3) is 97.3 Å². The smallest absolute Gasteiger partial charge is 0.137 e. The highest BCUT2D eigenvalue weighted by Crippen LogP contribution is 2.44. The van der Waals surface area contributed by atoms with E-state index in [9.17, 15) is 0 Å². The second-order valence-corrected chi connectivity index (χ2v) is 15.3. The molecule has 0 N–H and O–H groups in total. The molecule has 12 aromatic rings. The van der Waals surface area contributed by atoms with Crippen molar-refractivity contribution in [3.63, 3.8) is 0 Å². The minimum Gasteiger partial charge on any atom is -0.456 e. The van der Waals surface area contributed by atoms with E-state index in [1.54, 1.807) is 11.3 Å². The van der Waals surface area contributed by atoms with Crippen LogP contribution in [-0.2, 0) is 0 Å². The highest BCUT2D eigenvalue weighted by Gasteiger charge is 2.20. The summed E-state index contributed by atoms with van der Waals surface area (Å²) in [5.74, 6) is 0. The maximum absolute atomic E-state index is 6.68. The summed E-state index contributed by atoms with van der Waals surface area (Å²) in [7, 11) is 0. The van der Waals surface area contributed by atoms with Crippen LogP contribution in [0.15, 0.2) is 191 Å². The zero-order valence-corrected chi connectivity index (χ0v) is 30.8. The van der Waals surface area contributed by atoms with Gasteiger partial charge < -0.3 is 13.7 Å². The first-order valence-electron chi connectivity index (χ1n) is 18.8. The molecule has 0 saturated carbocycles. The van der Waals surface area contributed by atoms with Gasteiger partial charge in [0.2, 0.25) is 0 Å². The molecule has 3 heterocycles. The Balaban J connectivity index is 1.01. The monoisotopic (exact) mass is 734 g/mol. The summed E-state index contributed by atoms with van der Waals surface area (Å²) in [5.41, 5.74) is 10.9. The summed E-state index contributed by atoms with van der Waals surface area (Å²) in [5, 5.41) is 10.2. The molecular formula is C51H30N2O2S. The van der Waals surface area contributed by atoms with E-state index in [-0.39, 0.29) is 0 Å². The second kappa shape index (κ2) is 12.2. The first kappa shape index (κ1) is 31.2. The Morgan fingerprint density at radius 3 is 1.84 bits per heavy atom. The van der Waals surface area contributed by atoms with Crippen molar-refractivity contribution < 1.29 is 8.83 Å². The van der Waals surface area contributed by atoms with Gasteiger partial charge in [0.15, 0.2) is 0 Å². The molecule has 0 atom stereocenters. The van der Waals surface area contributed by atoms with Crippen LogP contribution in [0.5, 0.6) is 0 Å². The van der Waals surface area contributed by atoms with Crippen molar-refractivity contribution in [3.8, 4) is 21.7 Å².